The molecule has 0 spiro atoms. The lowest BCUT2D eigenvalue weighted by molar-refractivity contribution is 0.310. The number of ether oxygens (including phenoxy) is 1. The number of benzene rings is 2. The second kappa shape index (κ2) is 7.72. The Morgan fingerprint density at radius 1 is 0.941 bits per heavy atom. The Hall–Kier alpha value is -1.50. The van der Waals surface area contributed by atoms with Crippen LogP contribution in [0.5, 0.6) is 5.75 Å². The summed E-state index contributed by atoms with van der Waals surface area (Å²) in [6.45, 7) is 6.98. The minimum Gasteiger partial charge on any atom is -0.494 e. The van der Waals surface area contributed by atoms with Crippen LogP contribution in [0.25, 0.3) is 10.8 Å². The van der Waals surface area contributed by atoms with Gasteiger partial charge in [0.15, 0.2) is 0 Å². The van der Waals surface area contributed by atoms with Crippen molar-refractivity contribution in [3.8, 4) is 5.75 Å². The van der Waals surface area contributed by atoms with Gasteiger partial charge in [-0.15, -0.1) is 0 Å². The summed E-state index contributed by atoms with van der Waals surface area (Å²) in [6, 6.07) is 14.6. The Bertz CT molecular complexity index is 434. The molecule has 0 atom stereocenters. The van der Waals surface area contributed by atoms with Crippen molar-refractivity contribution in [3.63, 3.8) is 0 Å². The van der Waals surface area contributed by atoms with Crippen LogP contribution in [-0.2, 0) is 0 Å². The van der Waals surface area contributed by atoms with Gasteiger partial charge in [-0.25, -0.2) is 0 Å². The third-order valence-corrected chi connectivity index (χ3v) is 2.49. The molecule has 0 aliphatic carbocycles. The topological polar surface area (TPSA) is 9.23 Å². The zero-order valence-electron chi connectivity index (χ0n) is 11.1. The molecular weight excluding hydrogens is 208 g/mol. The van der Waals surface area contributed by atoms with E-state index < -0.39 is 0 Å². The Morgan fingerprint density at radius 3 is 2.35 bits per heavy atom. The van der Waals surface area contributed by atoms with Crippen molar-refractivity contribution < 1.29 is 4.74 Å². The zero-order valence-corrected chi connectivity index (χ0v) is 11.1. The van der Waals surface area contributed by atoms with Crippen LogP contribution in [0.3, 0.4) is 0 Å². The molecule has 0 aromatic heterocycles. The van der Waals surface area contributed by atoms with Crippen LogP contribution in [0.1, 0.15) is 33.6 Å². The zero-order chi connectivity index (χ0) is 12.5. The molecule has 0 fully saturated rings. The normalized spacial score (nSPS) is 9.59. The molecule has 2 rings (SSSR count). The first-order chi connectivity index (χ1) is 8.40. The van der Waals surface area contributed by atoms with Crippen molar-refractivity contribution in [2.24, 2.45) is 0 Å². The van der Waals surface area contributed by atoms with Gasteiger partial charge in [0.25, 0.3) is 0 Å². The third-order valence-electron chi connectivity index (χ3n) is 2.49. The number of hydrogen-bond acceptors (Lipinski definition) is 1. The summed E-state index contributed by atoms with van der Waals surface area (Å²) in [5, 5.41) is 2.51. The van der Waals surface area contributed by atoms with Crippen molar-refractivity contribution >= 4 is 10.8 Å². The van der Waals surface area contributed by atoms with Crippen LogP contribution >= 0.6 is 0 Å². The number of unbranched alkanes of at least 4 members (excludes halogenated alkanes) is 1. The fourth-order valence-corrected chi connectivity index (χ4v) is 1.59. The number of hydrogen-bond donors (Lipinski definition) is 0. The molecule has 2 aromatic rings. The standard InChI is InChI=1S/C14H16O.C2H6/c1-2-3-10-15-14-9-8-12-6-4-5-7-13(12)11-14;1-2/h4-9,11H,2-3,10H2,1H3;1-2H3. The maximum absolute atomic E-state index is 5.65. The van der Waals surface area contributed by atoms with Gasteiger partial charge < -0.3 is 4.74 Å². The third kappa shape index (κ3) is 4.10. The van der Waals surface area contributed by atoms with Gasteiger partial charge in [-0.05, 0) is 29.3 Å². The molecule has 0 saturated carbocycles. The molecule has 17 heavy (non-hydrogen) atoms. The maximum Gasteiger partial charge on any atom is 0.119 e. The van der Waals surface area contributed by atoms with E-state index in [4.69, 9.17) is 4.74 Å². The van der Waals surface area contributed by atoms with Crippen molar-refractivity contribution in [1.82, 2.24) is 0 Å². The summed E-state index contributed by atoms with van der Waals surface area (Å²) >= 11 is 0. The molecule has 92 valence electrons. The van der Waals surface area contributed by atoms with E-state index in [1.54, 1.807) is 0 Å². The quantitative estimate of drug-likeness (QED) is 0.668. The van der Waals surface area contributed by atoms with Crippen molar-refractivity contribution in [2.45, 2.75) is 33.6 Å². The highest BCUT2D eigenvalue weighted by molar-refractivity contribution is 5.83. The second-order valence-electron chi connectivity index (χ2n) is 3.71. The lowest BCUT2D eigenvalue weighted by Crippen LogP contribution is -1.95. The molecule has 0 aliphatic heterocycles. The summed E-state index contributed by atoms with van der Waals surface area (Å²) < 4.78 is 5.65. The van der Waals surface area contributed by atoms with Gasteiger partial charge in [0.1, 0.15) is 5.75 Å². The minimum atomic E-state index is 0.814. The molecule has 2 aromatic carbocycles. The van der Waals surface area contributed by atoms with E-state index in [2.05, 4.69) is 43.3 Å². The van der Waals surface area contributed by atoms with Crippen molar-refractivity contribution in [2.75, 3.05) is 6.61 Å². The van der Waals surface area contributed by atoms with Gasteiger partial charge in [0, 0.05) is 0 Å². The molecule has 0 radical (unpaired) electrons. The van der Waals surface area contributed by atoms with E-state index >= 15 is 0 Å². The van der Waals surface area contributed by atoms with E-state index in [0.29, 0.717) is 0 Å². The van der Waals surface area contributed by atoms with E-state index in [1.165, 1.54) is 17.2 Å². The lowest BCUT2D eigenvalue weighted by Gasteiger charge is -2.06. The molecule has 1 nitrogen and oxygen atoms in total. The average molecular weight is 230 g/mol. The first-order valence-corrected chi connectivity index (χ1v) is 6.52. The molecule has 0 aliphatic rings. The summed E-state index contributed by atoms with van der Waals surface area (Å²) in [5.41, 5.74) is 0. The van der Waals surface area contributed by atoms with Gasteiger partial charge in [0.05, 0.1) is 6.61 Å². The predicted molar refractivity (Wildman–Crippen MR) is 75.7 cm³/mol. The molecule has 0 N–H and O–H groups in total. The summed E-state index contributed by atoms with van der Waals surface area (Å²) in [4.78, 5) is 0. The molecule has 0 saturated heterocycles. The molecule has 0 unspecified atom stereocenters. The van der Waals surface area contributed by atoms with E-state index in [9.17, 15) is 0 Å². The van der Waals surface area contributed by atoms with Gasteiger partial charge in [0.2, 0.25) is 0 Å². The largest absolute Gasteiger partial charge is 0.494 e. The Balaban J connectivity index is 0.000000686. The first kappa shape index (κ1) is 13.6. The lowest BCUT2D eigenvalue weighted by atomic mass is 10.1. The minimum absolute atomic E-state index is 0.814. The van der Waals surface area contributed by atoms with Gasteiger partial charge in [-0.3, -0.25) is 0 Å². The Morgan fingerprint density at radius 2 is 1.65 bits per heavy atom. The van der Waals surface area contributed by atoms with Gasteiger partial charge in [-0.2, -0.15) is 0 Å². The van der Waals surface area contributed by atoms with Gasteiger partial charge >= 0.3 is 0 Å². The highest BCUT2D eigenvalue weighted by Crippen LogP contribution is 2.20. The summed E-state index contributed by atoms with van der Waals surface area (Å²) in [6.07, 6.45) is 2.29. The Kier molecular flexibility index (Phi) is 6.16. The second-order valence-corrected chi connectivity index (χ2v) is 3.71. The summed E-state index contributed by atoms with van der Waals surface area (Å²) in [7, 11) is 0. The fraction of sp³-hybridized carbons (Fsp3) is 0.375. The van der Waals surface area contributed by atoms with Crippen LogP contribution in [-0.4, -0.2) is 6.61 Å². The highest BCUT2D eigenvalue weighted by Gasteiger charge is 1.96. The Labute approximate surface area is 104 Å². The van der Waals surface area contributed by atoms with E-state index in [0.717, 1.165) is 18.8 Å². The predicted octanol–water partition coefficient (Wildman–Crippen LogP) is 5.04. The van der Waals surface area contributed by atoms with Crippen LogP contribution in [0.4, 0.5) is 0 Å². The SMILES string of the molecule is CC.CCCCOc1ccc2ccccc2c1. The maximum atomic E-state index is 5.65. The molecular formula is C16H22O. The monoisotopic (exact) mass is 230 g/mol. The van der Waals surface area contributed by atoms with Crippen LogP contribution < -0.4 is 4.74 Å². The van der Waals surface area contributed by atoms with Crippen LogP contribution in [0.15, 0.2) is 42.5 Å². The van der Waals surface area contributed by atoms with Crippen LogP contribution in [0.2, 0.25) is 0 Å². The highest BCUT2D eigenvalue weighted by atomic mass is 16.5. The molecule has 0 bridgehead atoms. The smallest absolute Gasteiger partial charge is 0.119 e. The summed E-state index contributed by atoms with van der Waals surface area (Å²) in [5.74, 6) is 0.974. The van der Waals surface area contributed by atoms with E-state index in [1.807, 2.05) is 19.9 Å². The van der Waals surface area contributed by atoms with Crippen molar-refractivity contribution in [1.29, 1.82) is 0 Å². The van der Waals surface area contributed by atoms with Crippen molar-refractivity contribution in [3.05, 3.63) is 42.5 Å². The number of rotatable bonds is 4. The fourth-order valence-electron chi connectivity index (χ4n) is 1.59. The van der Waals surface area contributed by atoms with E-state index in [-0.39, 0.29) is 0 Å². The average Bonchev–Trinajstić information content (AvgIpc) is 2.41. The molecule has 0 amide bonds. The first-order valence-electron chi connectivity index (χ1n) is 6.52. The van der Waals surface area contributed by atoms with Crippen LogP contribution in [0, 0.1) is 0 Å². The van der Waals surface area contributed by atoms with Gasteiger partial charge in [-0.1, -0.05) is 57.5 Å². The molecule has 1 heteroatoms. The molecule has 0 heterocycles. The number of fused-ring (bicyclic) bond motifs is 1.